The van der Waals surface area contributed by atoms with E-state index >= 15 is 0 Å². The summed E-state index contributed by atoms with van der Waals surface area (Å²) in [7, 11) is 0. The van der Waals surface area contributed by atoms with Crippen LogP contribution in [0.5, 0.6) is 0 Å². The van der Waals surface area contributed by atoms with Gasteiger partial charge >= 0.3 is 0 Å². The molecule has 2 N–H and O–H groups in total. The summed E-state index contributed by atoms with van der Waals surface area (Å²) in [5, 5.41) is 15.0. The van der Waals surface area contributed by atoms with Crippen LogP contribution in [0.3, 0.4) is 0 Å². The van der Waals surface area contributed by atoms with E-state index in [1.807, 2.05) is 0 Å². The minimum atomic E-state index is -1.00. The van der Waals surface area contributed by atoms with E-state index < -0.39 is 5.60 Å². The summed E-state index contributed by atoms with van der Waals surface area (Å²) in [5.74, 6) is 0.490. The SMILES string of the molecule is CC(C)(O)c1csc(NC(=O)[C@@H]2C[C@H]3CC[C@@H]2CC3=O)n1. The third kappa shape index (κ3) is 2.87. The summed E-state index contributed by atoms with van der Waals surface area (Å²) < 4.78 is 0. The van der Waals surface area contributed by atoms with Crippen LogP contribution in [-0.4, -0.2) is 21.8 Å². The second kappa shape index (κ2) is 5.18. The molecule has 0 aliphatic heterocycles. The largest absolute Gasteiger partial charge is 0.384 e. The lowest BCUT2D eigenvalue weighted by Crippen LogP contribution is -2.43. The molecule has 1 amide bonds. The van der Waals surface area contributed by atoms with E-state index in [-0.39, 0.29) is 23.7 Å². The van der Waals surface area contributed by atoms with Crippen LogP contribution in [0.15, 0.2) is 5.38 Å². The van der Waals surface area contributed by atoms with Gasteiger partial charge in [-0.25, -0.2) is 4.98 Å². The first-order valence-corrected chi connectivity index (χ1v) is 8.24. The maximum absolute atomic E-state index is 12.4. The van der Waals surface area contributed by atoms with Crippen molar-refractivity contribution in [3.05, 3.63) is 11.1 Å². The lowest BCUT2D eigenvalue weighted by Gasteiger charge is -2.40. The second-order valence-electron chi connectivity index (χ2n) is 6.63. The summed E-state index contributed by atoms with van der Waals surface area (Å²) in [4.78, 5) is 28.4. The van der Waals surface area contributed by atoms with E-state index in [0.717, 1.165) is 12.8 Å². The van der Waals surface area contributed by atoms with E-state index in [4.69, 9.17) is 0 Å². The van der Waals surface area contributed by atoms with E-state index in [1.165, 1.54) is 11.3 Å². The zero-order chi connectivity index (χ0) is 15.2. The van der Waals surface area contributed by atoms with E-state index in [9.17, 15) is 14.7 Å². The Balaban J connectivity index is 1.67. The number of nitrogens with zero attached hydrogens (tertiary/aromatic N) is 1. The summed E-state index contributed by atoms with van der Waals surface area (Å²) in [5.41, 5.74) is -0.446. The van der Waals surface area contributed by atoms with Gasteiger partial charge < -0.3 is 10.4 Å². The predicted octanol–water partition coefficient (Wildman–Crippen LogP) is 2.31. The molecule has 0 unspecified atom stereocenters. The second-order valence-corrected chi connectivity index (χ2v) is 7.49. The number of thiazole rings is 1. The van der Waals surface area contributed by atoms with Gasteiger partial charge in [-0.15, -0.1) is 11.3 Å². The summed E-state index contributed by atoms with van der Waals surface area (Å²) in [6.45, 7) is 3.33. The normalized spacial score (nSPS) is 28.7. The average Bonchev–Trinajstić information content (AvgIpc) is 2.87. The molecule has 6 heteroatoms. The summed E-state index contributed by atoms with van der Waals surface area (Å²) in [6.07, 6.45) is 3.14. The number of fused-ring (bicyclic) bond motifs is 3. The molecule has 3 atom stereocenters. The summed E-state index contributed by atoms with van der Waals surface area (Å²) in [6, 6.07) is 0. The molecular formula is C15H20N2O3S. The number of anilines is 1. The first-order chi connectivity index (χ1) is 9.84. The zero-order valence-corrected chi connectivity index (χ0v) is 13.1. The quantitative estimate of drug-likeness (QED) is 0.898. The van der Waals surface area contributed by atoms with Crippen molar-refractivity contribution >= 4 is 28.2 Å². The fourth-order valence-corrected chi connectivity index (χ4v) is 4.20. The van der Waals surface area contributed by atoms with Gasteiger partial charge in [-0.3, -0.25) is 9.59 Å². The number of aromatic nitrogens is 1. The Morgan fingerprint density at radius 3 is 2.76 bits per heavy atom. The number of hydrogen-bond acceptors (Lipinski definition) is 5. The van der Waals surface area contributed by atoms with E-state index in [1.54, 1.807) is 19.2 Å². The van der Waals surface area contributed by atoms with Crippen LogP contribution >= 0.6 is 11.3 Å². The molecule has 4 rings (SSSR count). The van der Waals surface area contributed by atoms with Crippen molar-refractivity contribution < 1.29 is 14.7 Å². The van der Waals surface area contributed by atoms with Crippen LogP contribution in [0.4, 0.5) is 5.13 Å². The first kappa shape index (κ1) is 14.7. The third-order valence-corrected chi connectivity index (χ3v) is 5.37. The van der Waals surface area contributed by atoms with Gasteiger partial charge in [-0.05, 0) is 39.0 Å². The molecule has 0 aromatic carbocycles. The Morgan fingerprint density at radius 1 is 1.48 bits per heavy atom. The number of nitrogens with one attached hydrogen (secondary N) is 1. The molecule has 0 spiro atoms. The maximum atomic E-state index is 12.4. The molecular weight excluding hydrogens is 288 g/mol. The number of hydrogen-bond donors (Lipinski definition) is 2. The highest BCUT2D eigenvalue weighted by molar-refractivity contribution is 7.13. The average molecular weight is 308 g/mol. The fourth-order valence-electron chi connectivity index (χ4n) is 3.33. The standard InChI is InChI=1S/C15H20N2O3S/c1-15(2,20)12-7-21-14(16-12)17-13(19)10-5-9-4-3-8(10)6-11(9)18/h7-10,20H,3-6H2,1-2H3,(H,16,17,19)/t8-,9-,10-/m1/s1. The van der Waals surface area contributed by atoms with E-state index in [2.05, 4.69) is 10.3 Å². The Kier molecular flexibility index (Phi) is 3.61. The Labute approximate surface area is 127 Å². The molecule has 0 saturated heterocycles. The molecule has 3 aliphatic carbocycles. The van der Waals surface area contributed by atoms with Crippen molar-refractivity contribution in [3.8, 4) is 0 Å². The minimum Gasteiger partial charge on any atom is -0.384 e. The van der Waals surface area contributed by atoms with Gasteiger partial charge in [0.2, 0.25) is 5.91 Å². The van der Waals surface area contributed by atoms with Gasteiger partial charge in [-0.1, -0.05) is 0 Å². The molecule has 3 aliphatic rings. The van der Waals surface area contributed by atoms with Gasteiger partial charge in [-0.2, -0.15) is 0 Å². The molecule has 0 radical (unpaired) electrons. The zero-order valence-electron chi connectivity index (χ0n) is 12.3. The van der Waals surface area contributed by atoms with Crippen molar-refractivity contribution in [2.45, 2.75) is 45.1 Å². The van der Waals surface area contributed by atoms with Gasteiger partial charge in [0.25, 0.3) is 0 Å². The highest BCUT2D eigenvalue weighted by atomic mass is 32.1. The Morgan fingerprint density at radius 2 is 2.24 bits per heavy atom. The van der Waals surface area contributed by atoms with Crippen LogP contribution in [0.1, 0.15) is 45.2 Å². The predicted molar refractivity (Wildman–Crippen MR) is 79.9 cm³/mol. The van der Waals surface area contributed by atoms with Crippen molar-refractivity contribution in [2.24, 2.45) is 17.8 Å². The number of amides is 1. The van der Waals surface area contributed by atoms with Crippen LogP contribution in [0, 0.1) is 17.8 Å². The topological polar surface area (TPSA) is 79.3 Å². The Hall–Kier alpha value is -1.27. The minimum absolute atomic E-state index is 0.0335. The number of rotatable bonds is 3. The van der Waals surface area contributed by atoms with Gasteiger partial charge in [0.15, 0.2) is 5.13 Å². The molecule has 1 aromatic rings. The van der Waals surface area contributed by atoms with E-state index in [0.29, 0.717) is 29.5 Å². The number of carbonyl (C=O) groups excluding carboxylic acids is 2. The lowest BCUT2D eigenvalue weighted by molar-refractivity contribution is -0.136. The third-order valence-electron chi connectivity index (χ3n) is 4.61. The number of aliphatic hydroxyl groups is 1. The molecule has 2 bridgehead atoms. The molecule has 3 saturated carbocycles. The van der Waals surface area contributed by atoms with Crippen LogP contribution in [0.2, 0.25) is 0 Å². The molecule has 114 valence electrons. The van der Waals surface area contributed by atoms with Crippen molar-refractivity contribution in [3.63, 3.8) is 0 Å². The van der Waals surface area contributed by atoms with Crippen molar-refractivity contribution in [1.29, 1.82) is 0 Å². The highest BCUT2D eigenvalue weighted by Gasteiger charge is 2.44. The van der Waals surface area contributed by atoms with Crippen LogP contribution in [-0.2, 0) is 15.2 Å². The maximum Gasteiger partial charge on any atom is 0.229 e. The molecule has 3 fully saturated rings. The van der Waals surface area contributed by atoms with Crippen molar-refractivity contribution in [1.82, 2.24) is 4.98 Å². The van der Waals surface area contributed by atoms with Gasteiger partial charge in [0, 0.05) is 23.6 Å². The van der Waals surface area contributed by atoms with Crippen molar-refractivity contribution in [2.75, 3.05) is 5.32 Å². The number of ketones is 1. The molecule has 5 nitrogen and oxygen atoms in total. The van der Waals surface area contributed by atoms with Crippen LogP contribution < -0.4 is 5.32 Å². The Bertz CT molecular complexity index is 576. The first-order valence-electron chi connectivity index (χ1n) is 7.36. The number of Topliss-reactive ketones (excluding diaryl/α,β-unsaturated/α-hetero) is 1. The highest BCUT2D eigenvalue weighted by Crippen LogP contribution is 2.43. The monoisotopic (exact) mass is 308 g/mol. The molecule has 1 heterocycles. The van der Waals surface area contributed by atoms with Gasteiger partial charge in [0.05, 0.1) is 5.69 Å². The van der Waals surface area contributed by atoms with Crippen LogP contribution in [0.25, 0.3) is 0 Å². The lowest BCUT2D eigenvalue weighted by atomic mass is 9.64. The fraction of sp³-hybridized carbons (Fsp3) is 0.667. The molecule has 1 aromatic heterocycles. The smallest absolute Gasteiger partial charge is 0.229 e. The number of carbonyl (C=O) groups is 2. The molecule has 21 heavy (non-hydrogen) atoms. The van der Waals surface area contributed by atoms with Gasteiger partial charge in [0.1, 0.15) is 11.4 Å². The summed E-state index contributed by atoms with van der Waals surface area (Å²) >= 11 is 1.32.